The fourth-order valence-corrected chi connectivity index (χ4v) is 1.94. The fourth-order valence-electron chi connectivity index (χ4n) is 1.94. The third-order valence-electron chi connectivity index (χ3n) is 2.89. The van der Waals surface area contributed by atoms with Gasteiger partial charge in [-0.15, -0.1) is 0 Å². The number of fused-ring (bicyclic) bond motifs is 1. The average Bonchev–Trinajstić information content (AvgIpc) is 2.88. The van der Waals surface area contributed by atoms with E-state index in [1.54, 1.807) is 19.3 Å². The lowest BCUT2D eigenvalue weighted by atomic mass is 10.2. The van der Waals surface area contributed by atoms with Crippen LogP contribution in [0.15, 0.2) is 24.5 Å². The van der Waals surface area contributed by atoms with E-state index in [4.69, 9.17) is 0 Å². The van der Waals surface area contributed by atoms with Crippen LogP contribution in [0.2, 0.25) is 0 Å². The van der Waals surface area contributed by atoms with Crippen LogP contribution in [0.25, 0.3) is 11.2 Å². The quantitative estimate of drug-likeness (QED) is 0.540. The summed E-state index contributed by atoms with van der Waals surface area (Å²) in [5.74, 6) is 0.980. The number of nitrogens with one attached hydrogen (secondary N) is 2. The normalized spacial score (nSPS) is 10.8. The van der Waals surface area contributed by atoms with Gasteiger partial charge in [0.15, 0.2) is 23.0 Å². The van der Waals surface area contributed by atoms with Gasteiger partial charge < -0.3 is 20.5 Å². The second-order valence-corrected chi connectivity index (χ2v) is 4.40. The van der Waals surface area contributed by atoms with Gasteiger partial charge in [-0.1, -0.05) is 6.07 Å². The van der Waals surface area contributed by atoms with E-state index >= 15 is 0 Å². The summed E-state index contributed by atoms with van der Waals surface area (Å²) in [6.45, 7) is 2.25. The highest BCUT2D eigenvalue weighted by molar-refractivity contribution is 5.82. The zero-order valence-corrected chi connectivity index (χ0v) is 10.8. The summed E-state index contributed by atoms with van der Waals surface area (Å²) in [6.07, 6.45) is 1.57. The molecule has 1 aromatic carbocycles. The molecule has 2 aromatic heterocycles. The lowest BCUT2D eigenvalue weighted by Crippen LogP contribution is -2.04. The van der Waals surface area contributed by atoms with E-state index in [2.05, 4.69) is 25.3 Å². The summed E-state index contributed by atoms with van der Waals surface area (Å²) in [5, 5.41) is 21.9. The molecule has 0 fully saturated rings. The number of benzene rings is 1. The monoisotopic (exact) mass is 271 g/mol. The molecule has 0 spiro atoms. The molecule has 3 rings (SSSR count). The molecule has 20 heavy (non-hydrogen) atoms. The van der Waals surface area contributed by atoms with E-state index in [1.165, 1.54) is 12.1 Å². The molecule has 0 aliphatic heterocycles. The summed E-state index contributed by atoms with van der Waals surface area (Å²) >= 11 is 0. The number of aryl methyl sites for hydroxylation is 1. The topological polar surface area (TPSA) is 107 Å². The molecular weight excluding hydrogens is 258 g/mol. The maximum absolute atomic E-state index is 9.46. The van der Waals surface area contributed by atoms with E-state index in [-0.39, 0.29) is 11.5 Å². The summed E-state index contributed by atoms with van der Waals surface area (Å²) < 4.78 is 0. The highest BCUT2D eigenvalue weighted by Gasteiger charge is 2.08. The number of nitrogens with zero attached hydrogens (tertiary/aromatic N) is 3. The van der Waals surface area contributed by atoms with Crippen molar-refractivity contribution in [1.29, 1.82) is 0 Å². The minimum absolute atomic E-state index is 0.138. The van der Waals surface area contributed by atoms with Gasteiger partial charge in [-0.3, -0.25) is 0 Å². The zero-order valence-electron chi connectivity index (χ0n) is 10.8. The Morgan fingerprint density at radius 2 is 2.05 bits per heavy atom. The zero-order chi connectivity index (χ0) is 14.1. The van der Waals surface area contributed by atoms with Gasteiger partial charge >= 0.3 is 0 Å². The van der Waals surface area contributed by atoms with Gasteiger partial charge in [0.25, 0.3) is 0 Å². The van der Waals surface area contributed by atoms with Crippen LogP contribution in [0, 0.1) is 6.92 Å². The number of aromatic nitrogens is 4. The molecule has 0 unspecified atom stereocenters. The van der Waals surface area contributed by atoms with Gasteiger partial charge in [-0.2, -0.15) is 0 Å². The Bertz CT molecular complexity index is 769. The van der Waals surface area contributed by atoms with Gasteiger partial charge in [-0.05, 0) is 24.6 Å². The molecule has 0 saturated carbocycles. The molecule has 3 aromatic rings. The molecule has 0 aliphatic carbocycles. The molecule has 0 aliphatic rings. The SMILES string of the molecule is Cc1nc(NCc2ccc(O)c(O)c2)c2nc[nH]c2n1. The number of hydrogen-bond donors (Lipinski definition) is 4. The highest BCUT2D eigenvalue weighted by Crippen LogP contribution is 2.25. The first kappa shape index (κ1) is 12.2. The number of phenolic OH excluding ortho intramolecular Hbond substituents is 2. The van der Waals surface area contributed by atoms with E-state index in [0.717, 1.165) is 5.56 Å². The summed E-state index contributed by atoms with van der Waals surface area (Å²) in [5.41, 5.74) is 2.16. The van der Waals surface area contributed by atoms with Crippen molar-refractivity contribution in [2.45, 2.75) is 13.5 Å². The second-order valence-electron chi connectivity index (χ2n) is 4.40. The van der Waals surface area contributed by atoms with Crippen LogP contribution in [-0.2, 0) is 6.54 Å². The van der Waals surface area contributed by atoms with Crippen molar-refractivity contribution in [3.63, 3.8) is 0 Å². The van der Waals surface area contributed by atoms with Crippen molar-refractivity contribution in [3.8, 4) is 11.5 Å². The molecule has 0 bridgehead atoms. The van der Waals surface area contributed by atoms with Gasteiger partial charge in [0.2, 0.25) is 0 Å². The molecule has 0 saturated heterocycles. The number of hydrogen-bond acceptors (Lipinski definition) is 6. The van der Waals surface area contributed by atoms with Crippen molar-refractivity contribution >= 4 is 17.0 Å². The Morgan fingerprint density at radius 3 is 2.85 bits per heavy atom. The Labute approximate surface area is 114 Å². The number of aromatic amines is 1. The number of imidazole rings is 1. The smallest absolute Gasteiger partial charge is 0.163 e. The minimum atomic E-state index is -0.145. The predicted molar refractivity (Wildman–Crippen MR) is 73.5 cm³/mol. The first-order valence-corrected chi connectivity index (χ1v) is 6.06. The molecule has 102 valence electrons. The van der Waals surface area contributed by atoms with Crippen LogP contribution < -0.4 is 5.32 Å². The van der Waals surface area contributed by atoms with Gasteiger partial charge in [0, 0.05) is 6.54 Å². The number of rotatable bonds is 3. The number of aromatic hydroxyl groups is 2. The van der Waals surface area contributed by atoms with Crippen molar-refractivity contribution in [3.05, 3.63) is 35.9 Å². The number of H-pyrrole nitrogens is 1. The van der Waals surface area contributed by atoms with Crippen molar-refractivity contribution < 1.29 is 10.2 Å². The standard InChI is InChI=1S/C13H13N5O2/c1-7-17-12(11-13(18-7)16-6-15-11)14-5-8-2-3-9(19)10(20)4-8/h2-4,6,19-20H,5H2,1H3,(H2,14,15,16,17,18). The lowest BCUT2D eigenvalue weighted by molar-refractivity contribution is 0.403. The molecular formula is C13H13N5O2. The van der Waals surface area contributed by atoms with Crippen LogP contribution in [0.3, 0.4) is 0 Å². The van der Waals surface area contributed by atoms with E-state index in [1.807, 2.05) is 0 Å². The van der Waals surface area contributed by atoms with Gasteiger partial charge in [0.1, 0.15) is 11.3 Å². The summed E-state index contributed by atoms with van der Waals surface area (Å²) in [6, 6.07) is 4.66. The molecule has 7 heteroatoms. The van der Waals surface area contributed by atoms with E-state index < -0.39 is 0 Å². The molecule has 7 nitrogen and oxygen atoms in total. The van der Waals surface area contributed by atoms with Crippen molar-refractivity contribution in [2.24, 2.45) is 0 Å². The summed E-state index contributed by atoms with van der Waals surface area (Å²) in [7, 11) is 0. The van der Waals surface area contributed by atoms with Crippen LogP contribution in [0.4, 0.5) is 5.82 Å². The second kappa shape index (κ2) is 4.69. The number of anilines is 1. The minimum Gasteiger partial charge on any atom is -0.504 e. The maximum Gasteiger partial charge on any atom is 0.163 e. The Morgan fingerprint density at radius 1 is 1.20 bits per heavy atom. The maximum atomic E-state index is 9.46. The third kappa shape index (κ3) is 2.20. The van der Waals surface area contributed by atoms with Crippen LogP contribution in [0.5, 0.6) is 11.5 Å². The number of phenols is 2. The highest BCUT2D eigenvalue weighted by atomic mass is 16.3. The largest absolute Gasteiger partial charge is 0.504 e. The van der Waals surface area contributed by atoms with Gasteiger partial charge in [0.05, 0.1) is 6.33 Å². The Hall–Kier alpha value is -2.83. The molecule has 2 heterocycles. The first-order chi connectivity index (χ1) is 9.63. The Kier molecular flexibility index (Phi) is 2.86. The Balaban J connectivity index is 1.86. The predicted octanol–water partition coefficient (Wildman–Crippen LogP) is 1.68. The lowest BCUT2D eigenvalue weighted by Gasteiger charge is -2.08. The summed E-state index contributed by atoms with van der Waals surface area (Å²) in [4.78, 5) is 15.7. The molecule has 0 radical (unpaired) electrons. The van der Waals surface area contributed by atoms with E-state index in [0.29, 0.717) is 29.4 Å². The van der Waals surface area contributed by atoms with Gasteiger partial charge in [-0.25, -0.2) is 15.0 Å². The van der Waals surface area contributed by atoms with Crippen LogP contribution in [-0.4, -0.2) is 30.1 Å². The first-order valence-electron chi connectivity index (χ1n) is 6.06. The molecule has 4 N–H and O–H groups in total. The van der Waals surface area contributed by atoms with Crippen LogP contribution in [0.1, 0.15) is 11.4 Å². The van der Waals surface area contributed by atoms with Crippen LogP contribution >= 0.6 is 0 Å². The fraction of sp³-hybridized carbons (Fsp3) is 0.154. The molecule has 0 amide bonds. The van der Waals surface area contributed by atoms with Crippen molar-refractivity contribution in [1.82, 2.24) is 19.9 Å². The molecule has 0 atom stereocenters. The third-order valence-corrected chi connectivity index (χ3v) is 2.89. The van der Waals surface area contributed by atoms with Crippen molar-refractivity contribution in [2.75, 3.05) is 5.32 Å². The average molecular weight is 271 g/mol. The van der Waals surface area contributed by atoms with E-state index in [9.17, 15) is 10.2 Å².